The second-order valence-corrected chi connectivity index (χ2v) is 5.69. The Morgan fingerprint density at radius 3 is 2.60 bits per heavy atom. The highest BCUT2D eigenvalue weighted by Crippen LogP contribution is 2.10. The number of amides is 1. The predicted octanol–water partition coefficient (Wildman–Crippen LogP) is 1.74. The first-order valence-corrected chi connectivity index (χ1v) is 8.13. The lowest BCUT2D eigenvalue weighted by molar-refractivity contribution is 0.0944. The van der Waals surface area contributed by atoms with Gasteiger partial charge in [-0.1, -0.05) is 18.2 Å². The Kier molecular flexibility index (Phi) is 9.52. The molecule has 1 aliphatic heterocycles. The molecule has 1 aromatic heterocycles. The summed E-state index contributed by atoms with van der Waals surface area (Å²) >= 11 is 0. The Labute approximate surface area is 160 Å². The average Bonchev–Trinajstić information content (AvgIpc) is 3.10. The van der Waals surface area contributed by atoms with Crippen LogP contribution in [0.3, 0.4) is 0 Å². The van der Waals surface area contributed by atoms with Gasteiger partial charge in [-0.15, -0.1) is 24.8 Å². The van der Waals surface area contributed by atoms with Crippen LogP contribution in [0, 0.1) is 0 Å². The van der Waals surface area contributed by atoms with Crippen molar-refractivity contribution in [3.8, 4) is 5.69 Å². The lowest BCUT2D eigenvalue weighted by atomic mass is 10.3. The van der Waals surface area contributed by atoms with E-state index in [1.165, 1.54) is 0 Å². The van der Waals surface area contributed by atoms with Crippen molar-refractivity contribution in [1.29, 1.82) is 0 Å². The summed E-state index contributed by atoms with van der Waals surface area (Å²) in [6.45, 7) is 6.01. The molecule has 1 saturated heterocycles. The lowest BCUT2D eigenvalue weighted by Crippen LogP contribution is -2.44. The van der Waals surface area contributed by atoms with Gasteiger partial charge in [-0.25, -0.2) is 4.98 Å². The number of aromatic nitrogens is 2. The summed E-state index contributed by atoms with van der Waals surface area (Å²) in [5, 5.41) is 6.34. The molecule has 8 heteroatoms. The van der Waals surface area contributed by atoms with Crippen molar-refractivity contribution in [2.75, 3.05) is 39.3 Å². The fourth-order valence-electron chi connectivity index (χ4n) is 2.79. The molecule has 25 heavy (non-hydrogen) atoms. The monoisotopic (exact) mass is 385 g/mol. The van der Waals surface area contributed by atoms with E-state index in [-0.39, 0.29) is 30.7 Å². The molecule has 2 N–H and O–H groups in total. The van der Waals surface area contributed by atoms with Crippen LogP contribution in [0.15, 0.2) is 42.9 Å². The van der Waals surface area contributed by atoms with E-state index in [2.05, 4.69) is 20.5 Å². The van der Waals surface area contributed by atoms with Crippen molar-refractivity contribution in [1.82, 2.24) is 25.1 Å². The van der Waals surface area contributed by atoms with Gasteiger partial charge >= 0.3 is 0 Å². The van der Waals surface area contributed by atoms with Gasteiger partial charge in [0, 0.05) is 38.4 Å². The van der Waals surface area contributed by atoms with Crippen LogP contribution in [0.2, 0.25) is 0 Å². The molecule has 0 bridgehead atoms. The van der Waals surface area contributed by atoms with Crippen LogP contribution < -0.4 is 10.6 Å². The van der Waals surface area contributed by atoms with E-state index in [1.54, 1.807) is 12.5 Å². The third kappa shape index (κ3) is 6.01. The molecule has 0 atom stereocenters. The molecule has 2 aromatic rings. The molecular formula is C17H25Cl2N5O. The number of piperazine rings is 1. The van der Waals surface area contributed by atoms with E-state index in [0.717, 1.165) is 44.8 Å². The number of imidazole rings is 1. The highest BCUT2D eigenvalue weighted by Gasteiger charge is 2.13. The quantitative estimate of drug-likeness (QED) is 0.743. The molecule has 0 aliphatic carbocycles. The molecule has 1 amide bonds. The Morgan fingerprint density at radius 2 is 1.88 bits per heavy atom. The molecule has 3 rings (SSSR count). The number of rotatable bonds is 6. The van der Waals surface area contributed by atoms with Crippen LogP contribution in [0.5, 0.6) is 0 Å². The van der Waals surface area contributed by atoms with Gasteiger partial charge in [0.25, 0.3) is 5.91 Å². The zero-order valence-electron chi connectivity index (χ0n) is 14.1. The normalized spacial score (nSPS) is 14.2. The van der Waals surface area contributed by atoms with Gasteiger partial charge in [0.15, 0.2) is 0 Å². The Morgan fingerprint density at radius 1 is 1.16 bits per heavy atom. The average molecular weight is 386 g/mol. The van der Waals surface area contributed by atoms with E-state index in [0.29, 0.717) is 12.2 Å². The van der Waals surface area contributed by atoms with Gasteiger partial charge in [-0.3, -0.25) is 9.36 Å². The van der Waals surface area contributed by atoms with Gasteiger partial charge in [0.05, 0.1) is 12.5 Å². The maximum absolute atomic E-state index is 12.4. The number of nitrogens with one attached hydrogen (secondary N) is 2. The summed E-state index contributed by atoms with van der Waals surface area (Å²) in [6.07, 6.45) is 4.24. The minimum absolute atomic E-state index is 0. The zero-order chi connectivity index (χ0) is 15.9. The minimum Gasteiger partial charge on any atom is -0.351 e. The van der Waals surface area contributed by atoms with Crippen LogP contribution >= 0.6 is 24.8 Å². The first-order chi connectivity index (χ1) is 11.3. The van der Waals surface area contributed by atoms with Gasteiger partial charge in [-0.05, 0) is 25.1 Å². The number of nitrogens with zero attached hydrogens (tertiary/aromatic N) is 3. The first kappa shape index (κ1) is 21.4. The van der Waals surface area contributed by atoms with Crippen LogP contribution in [0.4, 0.5) is 0 Å². The maximum Gasteiger partial charge on any atom is 0.269 e. The first-order valence-electron chi connectivity index (χ1n) is 8.13. The number of benzene rings is 1. The van der Waals surface area contributed by atoms with Crippen LogP contribution in [-0.4, -0.2) is 59.6 Å². The zero-order valence-corrected chi connectivity index (χ0v) is 15.7. The molecule has 6 nitrogen and oxygen atoms in total. The van der Waals surface area contributed by atoms with Crippen molar-refractivity contribution in [3.05, 3.63) is 48.5 Å². The number of hydrogen-bond donors (Lipinski definition) is 2. The second-order valence-electron chi connectivity index (χ2n) is 5.69. The fourth-order valence-corrected chi connectivity index (χ4v) is 2.79. The largest absolute Gasteiger partial charge is 0.351 e. The Hall–Kier alpha value is -1.60. The van der Waals surface area contributed by atoms with Crippen LogP contribution in [0.25, 0.3) is 5.69 Å². The lowest BCUT2D eigenvalue weighted by Gasteiger charge is -2.27. The number of carbonyl (C=O) groups is 1. The van der Waals surface area contributed by atoms with Crippen molar-refractivity contribution in [2.45, 2.75) is 6.42 Å². The maximum atomic E-state index is 12.4. The SMILES string of the molecule is Cl.Cl.O=C(NCCCN1CCNCC1)c1cncn1-c1ccccc1. The van der Waals surface area contributed by atoms with Crippen molar-refractivity contribution in [3.63, 3.8) is 0 Å². The standard InChI is InChI=1S/C17H23N5O.2ClH/c23-17(20-7-4-10-21-11-8-18-9-12-21)16-13-19-14-22(16)15-5-2-1-3-6-15;;/h1-3,5-6,13-14,18H,4,7-12H2,(H,20,23);2*1H. The molecular weight excluding hydrogens is 361 g/mol. The van der Waals surface area contributed by atoms with Crippen LogP contribution in [0.1, 0.15) is 16.9 Å². The third-order valence-corrected chi connectivity index (χ3v) is 4.05. The summed E-state index contributed by atoms with van der Waals surface area (Å²) in [5.74, 6) is -0.0772. The summed E-state index contributed by atoms with van der Waals surface area (Å²) in [7, 11) is 0. The summed E-state index contributed by atoms with van der Waals surface area (Å²) < 4.78 is 1.81. The van der Waals surface area contributed by atoms with Gasteiger partial charge < -0.3 is 15.5 Å². The summed E-state index contributed by atoms with van der Waals surface area (Å²) in [4.78, 5) is 18.9. The van der Waals surface area contributed by atoms with E-state index in [1.807, 2.05) is 34.9 Å². The summed E-state index contributed by atoms with van der Waals surface area (Å²) in [6, 6.07) is 9.77. The molecule has 2 heterocycles. The van der Waals surface area contributed by atoms with E-state index in [4.69, 9.17) is 0 Å². The Balaban J connectivity index is 0.00000156. The molecule has 1 fully saturated rings. The number of halogens is 2. The molecule has 0 radical (unpaired) electrons. The number of para-hydroxylation sites is 1. The van der Waals surface area contributed by atoms with Gasteiger partial charge in [0.1, 0.15) is 5.69 Å². The highest BCUT2D eigenvalue weighted by atomic mass is 35.5. The van der Waals surface area contributed by atoms with Gasteiger partial charge in [-0.2, -0.15) is 0 Å². The van der Waals surface area contributed by atoms with Crippen molar-refractivity contribution >= 4 is 30.7 Å². The van der Waals surface area contributed by atoms with Crippen molar-refractivity contribution in [2.24, 2.45) is 0 Å². The van der Waals surface area contributed by atoms with Gasteiger partial charge in [0.2, 0.25) is 0 Å². The van der Waals surface area contributed by atoms with Crippen molar-refractivity contribution < 1.29 is 4.79 Å². The summed E-state index contributed by atoms with van der Waals surface area (Å²) in [5.41, 5.74) is 1.51. The van der Waals surface area contributed by atoms with E-state index in [9.17, 15) is 4.79 Å². The van der Waals surface area contributed by atoms with E-state index < -0.39 is 0 Å². The fraction of sp³-hybridized carbons (Fsp3) is 0.412. The van der Waals surface area contributed by atoms with Crippen LogP contribution in [-0.2, 0) is 0 Å². The molecule has 0 spiro atoms. The molecule has 0 saturated carbocycles. The number of hydrogen-bond acceptors (Lipinski definition) is 4. The number of carbonyl (C=O) groups excluding carboxylic acids is 1. The Bertz CT molecular complexity index is 629. The minimum atomic E-state index is -0.0772. The molecule has 0 unspecified atom stereocenters. The molecule has 1 aromatic carbocycles. The molecule has 1 aliphatic rings. The molecule has 138 valence electrons. The highest BCUT2D eigenvalue weighted by molar-refractivity contribution is 5.92. The third-order valence-electron chi connectivity index (χ3n) is 4.05. The smallest absolute Gasteiger partial charge is 0.269 e. The van der Waals surface area contributed by atoms with E-state index >= 15 is 0 Å². The predicted molar refractivity (Wildman–Crippen MR) is 104 cm³/mol. The topological polar surface area (TPSA) is 62.2 Å². The second kappa shape index (κ2) is 11.1.